The normalized spacial score (nSPS) is 18.8. The number of ether oxygens (including phenoxy) is 2. The van der Waals surface area contributed by atoms with Crippen molar-refractivity contribution < 1.29 is 19.4 Å². The Bertz CT molecular complexity index is 830. The van der Waals surface area contributed by atoms with Gasteiger partial charge in [0.25, 0.3) is 5.91 Å². The molecule has 1 amide bonds. The minimum absolute atomic E-state index is 0.0914. The average Bonchev–Trinajstić information content (AvgIpc) is 3.05. The van der Waals surface area contributed by atoms with Crippen LogP contribution in [-0.2, 0) is 24.4 Å². The van der Waals surface area contributed by atoms with Crippen molar-refractivity contribution in [3.05, 3.63) is 41.2 Å². The molecule has 4 rings (SSSR count). The van der Waals surface area contributed by atoms with E-state index in [0.29, 0.717) is 30.3 Å². The van der Waals surface area contributed by atoms with Gasteiger partial charge in [0.2, 0.25) is 6.10 Å². The minimum atomic E-state index is -0.649. The van der Waals surface area contributed by atoms with Gasteiger partial charge in [-0.3, -0.25) is 9.48 Å². The Balaban J connectivity index is 1.53. The number of fused-ring (bicyclic) bond motifs is 2. The molecule has 0 saturated carbocycles. The fourth-order valence-electron chi connectivity index (χ4n) is 3.60. The van der Waals surface area contributed by atoms with Gasteiger partial charge in [-0.25, -0.2) is 0 Å². The molecule has 0 spiro atoms. The van der Waals surface area contributed by atoms with E-state index in [2.05, 4.69) is 18.9 Å². The number of carbonyl (C=O) groups excluding carboxylic acids is 1. The second-order valence-electron chi connectivity index (χ2n) is 6.94. The first kappa shape index (κ1) is 16.9. The van der Waals surface area contributed by atoms with Crippen molar-refractivity contribution in [2.75, 3.05) is 13.2 Å². The van der Waals surface area contributed by atoms with E-state index >= 15 is 0 Å². The number of aliphatic hydroxyl groups is 1. The second kappa shape index (κ2) is 6.64. The maximum absolute atomic E-state index is 12.9. The lowest BCUT2D eigenvalue weighted by atomic mass is 10.0. The molecule has 2 aliphatic rings. The zero-order valence-corrected chi connectivity index (χ0v) is 15.0. The summed E-state index contributed by atoms with van der Waals surface area (Å²) in [5.74, 6) is 1.17. The average molecular weight is 357 g/mol. The van der Waals surface area contributed by atoms with Crippen LogP contribution in [0.4, 0.5) is 0 Å². The molecule has 0 radical (unpaired) electrons. The third-order valence-corrected chi connectivity index (χ3v) is 4.90. The summed E-state index contributed by atoms with van der Waals surface area (Å²) in [4.78, 5) is 14.7. The maximum atomic E-state index is 12.9. The van der Waals surface area contributed by atoms with Crippen molar-refractivity contribution in [1.82, 2.24) is 14.7 Å². The van der Waals surface area contributed by atoms with E-state index < -0.39 is 6.10 Å². The second-order valence-corrected chi connectivity index (χ2v) is 6.94. The number of rotatable bonds is 3. The molecule has 1 N–H and O–H groups in total. The van der Waals surface area contributed by atoms with Crippen LogP contribution in [0.3, 0.4) is 0 Å². The molecule has 0 saturated heterocycles. The minimum Gasteiger partial charge on any atom is -0.485 e. The predicted molar refractivity (Wildman–Crippen MR) is 94.0 cm³/mol. The number of benzene rings is 1. The number of aliphatic hydroxyl groups excluding tert-OH is 1. The molecule has 2 aliphatic heterocycles. The van der Waals surface area contributed by atoms with Crippen LogP contribution < -0.4 is 9.47 Å². The van der Waals surface area contributed by atoms with Crippen LogP contribution in [-0.4, -0.2) is 44.9 Å². The molecule has 7 nitrogen and oxygen atoms in total. The molecule has 1 aromatic carbocycles. The summed E-state index contributed by atoms with van der Waals surface area (Å²) in [6, 6.07) is 7.59. The molecule has 0 bridgehead atoms. The monoisotopic (exact) mass is 357 g/mol. The smallest absolute Gasteiger partial charge is 0.267 e. The van der Waals surface area contributed by atoms with Crippen LogP contribution in [0.5, 0.6) is 11.5 Å². The summed E-state index contributed by atoms with van der Waals surface area (Å²) in [5.41, 5.74) is 2.72. The first-order chi connectivity index (χ1) is 12.6. The highest BCUT2D eigenvalue weighted by atomic mass is 16.6. The summed E-state index contributed by atoms with van der Waals surface area (Å²) in [6.07, 6.45) is 0.0698. The van der Waals surface area contributed by atoms with Gasteiger partial charge < -0.3 is 19.5 Å². The topological polar surface area (TPSA) is 76.8 Å². The van der Waals surface area contributed by atoms with Gasteiger partial charge in [0, 0.05) is 36.8 Å². The van der Waals surface area contributed by atoms with Crippen molar-refractivity contribution in [3.63, 3.8) is 0 Å². The summed E-state index contributed by atoms with van der Waals surface area (Å²) < 4.78 is 13.5. The van der Waals surface area contributed by atoms with Gasteiger partial charge in [0.15, 0.2) is 11.5 Å². The first-order valence-corrected chi connectivity index (χ1v) is 8.95. The number of hydrogen-bond acceptors (Lipinski definition) is 5. The number of aromatic nitrogens is 2. The predicted octanol–water partition coefficient (Wildman–Crippen LogP) is 1.68. The number of para-hydroxylation sites is 2. The standard InChI is InChI=1S/C19H23N3O4/c1-12(2)22-15-7-8-21(9-13(15)14(10-23)20-22)19(24)18-11-25-16-5-3-4-6-17(16)26-18/h3-6,12,18,23H,7-11H2,1-2H3/t18-/m1/s1. The Kier molecular flexibility index (Phi) is 4.32. The molecule has 1 aromatic heterocycles. The van der Waals surface area contributed by atoms with Gasteiger partial charge in [-0.1, -0.05) is 12.1 Å². The molecule has 1 atom stereocenters. The number of hydrogen-bond donors (Lipinski definition) is 1. The molecular formula is C19H23N3O4. The van der Waals surface area contributed by atoms with E-state index in [-0.39, 0.29) is 25.2 Å². The Morgan fingerprint density at radius 2 is 2.12 bits per heavy atom. The van der Waals surface area contributed by atoms with Crippen molar-refractivity contribution in [2.24, 2.45) is 0 Å². The number of nitrogens with zero attached hydrogens (tertiary/aromatic N) is 3. The van der Waals surface area contributed by atoms with Gasteiger partial charge in [-0.05, 0) is 26.0 Å². The van der Waals surface area contributed by atoms with Crippen molar-refractivity contribution in [3.8, 4) is 11.5 Å². The summed E-state index contributed by atoms with van der Waals surface area (Å²) in [6.45, 7) is 5.26. The van der Waals surface area contributed by atoms with Gasteiger partial charge in [-0.15, -0.1) is 0 Å². The molecule has 2 aromatic rings. The molecule has 3 heterocycles. The first-order valence-electron chi connectivity index (χ1n) is 8.95. The Morgan fingerprint density at radius 3 is 2.85 bits per heavy atom. The lowest BCUT2D eigenvalue weighted by molar-refractivity contribution is -0.142. The van der Waals surface area contributed by atoms with Crippen LogP contribution in [0.1, 0.15) is 36.8 Å². The maximum Gasteiger partial charge on any atom is 0.267 e. The molecule has 0 unspecified atom stereocenters. The lowest BCUT2D eigenvalue weighted by Crippen LogP contribution is -2.48. The van der Waals surface area contributed by atoms with Crippen LogP contribution in [0.25, 0.3) is 0 Å². The summed E-state index contributed by atoms with van der Waals surface area (Å²) in [5, 5.41) is 14.2. The SMILES string of the molecule is CC(C)n1nc(CO)c2c1CCN(C(=O)[C@H]1COc3ccccc3O1)C2. The molecule has 26 heavy (non-hydrogen) atoms. The lowest BCUT2D eigenvalue weighted by Gasteiger charge is -2.33. The third kappa shape index (κ3) is 2.82. The van der Waals surface area contributed by atoms with E-state index in [1.54, 1.807) is 11.0 Å². The molecule has 7 heteroatoms. The Hall–Kier alpha value is -2.54. The summed E-state index contributed by atoms with van der Waals surface area (Å²) >= 11 is 0. The summed E-state index contributed by atoms with van der Waals surface area (Å²) in [7, 11) is 0. The van der Waals surface area contributed by atoms with Crippen molar-refractivity contribution in [1.29, 1.82) is 0 Å². The van der Waals surface area contributed by atoms with Crippen LogP contribution in [0.15, 0.2) is 24.3 Å². The molecule has 0 aliphatic carbocycles. The van der Waals surface area contributed by atoms with E-state index in [9.17, 15) is 9.90 Å². The quantitative estimate of drug-likeness (QED) is 0.904. The van der Waals surface area contributed by atoms with Gasteiger partial charge in [-0.2, -0.15) is 5.10 Å². The van der Waals surface area contributed by atoms with Gasteiger partial charge in [0.1, 0.15) is 6.61 Å². The van der Waals surface area contributed by atoms with Crippen LogP contribution in [0.2, 0.25) is 0 Å². The highest BCUT2D eigenvalue weighted by molar-refractivity contribution is 5.82. The fourth-order valence-corrected chi connectivity index (χ4v) is 3.60. The molecule has 138 valence electrons. The zero-order valence-electron chi connectivity index (χ0n) is 15.0. The van der Waals surface area contributed by atoms with Crippen LogP contribution in [0, 0.1) is 0 Å². The van der Waals surface area contributed by atoms with Gasteiger partial charge >= 0.3 is 0 Å². The zero-order chi connectivity index (χ0) is 18.3. The Morgan fingerprint density at radius 1 is 1.35 bits per heavy atom. The van der Waals surface area contributed by atoms with E-state index in [1.165, 1.54) is 0 Å². The fraction of sp³-hybridized carbons (Fsp3) is 0.474. The van der Waals surface area contributed by atoms with Crippen LogP contribution >= 0.6 is 0 Å². The van der Waals surface area contributed by atoms with E-state index in [0.717, 1.165) is 17.7 Å². The van der Waals surface area contributed by atoms with E-state index in [1.807, 2.05) is 22.9 Å². The Labute approximate surface area is 152 Å². The largest absolute Gasteiger partial charge is 0.485 e. The highest BCUT2D eigenvalue weighted by Gasteiger charge is 2.34. The third-order valence-electron chi connectivity index (χ3n) is 4.90. The van der Waals surface area contributed by atoms with Crippen molar-refractivity contribution >= 4 is 5.91 Å². The molecule has 0 fully saturated rings. The number of carbonyl (C=O) groups is 1. The van der Waals surface area contributed by atoms with Gasteiger partial charge in [0.05, 0.1) is 12.3 Å². The number of amides is 1. The highest BCUT2D eigenvalue weighted by Crippen LogP contribution is 2.32. The van der Waals surface area contributed by atoms with E-state index in [4.69, 9.17) is 9.47 Å². The molecular weight excluding hydrogens is 334 g/mol. The van der Waals surface area contributed by atoms with Crippen molar-refractivity contribution in [2.45, 2.75) is 45.6 Å².